The van der Waals surface area contributed by atoms with Crippen molar-refractivity contribution in [3.8, 4) is 5.75 Å². The molecule has 6 heteroatoms. The van der Waals surface area contributed by atoms with Gasteiger partial charge in [-0.25, -0.2) is 4.79 Å². The van der Waals surface area contributed by atoms with E-state index in [1.54, 1.807) is 13.0 Å². The first-order valence-electron chi connectivity index (χ1n) is 7.64. The molecule has 1 aromatic carbocycles. The number of hydrogen-bond donors (Lipinski definition) is 0. The summed E-state index contributed by atoms with van der Waals surface area (Å²) in [6.45, 7) is 7.92. The lowest BCUT2D eigenvalue weighted by Crippen LogP contribution is -2.10. The molecule has 0 heterocycles. The SMILES string of the molecule is CCOCCOc1cc(C=C(OCC)C(=O)OCC)ccc1I. The summed E-state index contributed by atoms with van der Waals surface area (Å²) in [4.78, 5) is 11.9. The van der Waals surface area contributed by atoms with Crippen molar-refractivity contribution in [2.24, 2.45) is 0 Å². The van der Waals surface area contributed by atoms with Crippen LogP contribution in [0.3, 0.4) is 0 Å². The second kappa shape index (κ2) is 11.3. The topological polar surface area (TPSA) is 54.0 Å². The quantitative estimate of drug-likeness (QED) is 0.185. The van der Waals surface area contributed by atoms with Crippen molar-refractivity contribution in [3.05, 3.63) is 33.1 Å². The van der Waals surface area contributed by atoms with Gasteiger partial charge in [0.05, 0.1) is 23.4 Å². The van der Waals surface area contributed by atoms with Gasteiger partial charge in [-0.15, -0.1) is 0 Å². The molecule has 0 atom stereocenters. The van der Waals surface area contributed by atoms with Crippen LogP contribution < -0.4 is 4.74 Å². The van der Waals surface area contributed by atoms with E-state index in [0.717, 1.165) is 14.9 Å². The fourth-order valence-electron chi connectivity index (χ4n) is 1.74. The number of carbonyl (C=O) groups is 1. The third-order valence-electron chi connectivity index (χ3n) is 2.72. The molecule has 23 heavy (non-hydrogen) atoms. The lowest BCUT2D eigenvalue weighted by atomic mass is 10.2. The summed E-state index contributed by atoms with van der Waals surface area (Å²) < 4.78 is 22.3. The molecule has 0 bridgehead atoms. The molecule has 0 fully saturated rings. The summed E-state index contributed by atoms with van der Waals surface area (Å²) in [5.74, 6) is 0.473. The molecule has 0 aromatic heterocycles. The Bertz CT molecular complexity index is 528. The lowest BCUT2D eigenvalue weighted by Gasteiger charge is -2.10. The Balaban J connectivity index is 2.88. The van der Waals surface area contributed by atoms with E-state index in [0.29, 0.717) is 33.0 Å². The molecule has 0 aliphatic carbocycles. The van der Waals surface area contributed by atoms with E-state index in [1.165, 1.54) is 0 Å². The largest absolute Gasteiger partial charge is 0.490 e. The van der Waals surface area contributed by atoms with Crippen LogP contribution >= 0.6 is 22.6 Å². The second-order valence-corrected chi connectivity index (χ2v) is 5.56. The molecule has 0 N–H and O–H groups in total. The van der Waals surface area contributed by atoms with Crippen molar-refractivity contribution in [2.45, 2.75) is 20.8 Å². The average molecular weight is 434 g/mol. The number of esters is 1. The van der Waals surface area contributed by atoms with E-state index >= 15 is 0 Å². The van der Waals surface area contributed by atoms with E-state index in [9.17, 15) is 4.79 Å². The second-order valence-electron chi connectivity index (χ2n) is 4.40. The van der Waals surface area contributed by atoms with Crippen molar-refractivity contribution in [1.82, 2.24) is 0 Å². The van der Waals surface area contributed by atoms with Gasteiger partial charge in [-0.05, 0) is 67.1 Å². The number of benzene rings is 1. The first-order valence-corrected chi connectivity index (χ1v) is 8.71. The lowest BCUT2D eigenvalue weighted by molar-refractivity contribution is -0.142. The van der Waals surface area contributed by atoms with Crippen LogP contribution in [0.2, 0.25) is 0 Å². The van der Waals surface area contributed by atoms with Crippen LogP contribution in [0.15, 0.2) is 24.0 Å². The zero-order valence-corrected chi connectivity index (χ0v) is 15.9. The first kappa shape index (κ1) is 19.8. The maximum Gasteiger partial charge on any atom is 0.373 e. The van der Waals surface area contributed by atoms with Gasteiger partial charge in [0, 0.05) is 6.61 Å². The highest BCUT2D eigenvalue weighted by molar-refractivity contribution is 14.1. The number of halogens is 1. The van der Waals surface area contributed by atoms with Crippen LogP contribution in [-0.2, 0) is 19.0 Å². The zero-order chi connectivity index (χ0) is 17.1. The molecular formula is C17H23IO5. The molecule has 0 aliphatic rings. The van der Waals surface area contributed by atoms with Gasteiger partial charge < -0.3 is 18.9 Å². The Labute approximate surface area is 151 Å². The van der Waals surface area contributed by atoms with Crippen molar-refractivity contribution in [3.63, 3.8) is 0 Å². The highest BCUT2D eigenvalue weighted by Gasteiger charge is 2.12. The Morgan fingerprint density at radius 3 is 2.48 bits per heavy atom. The minimum Gasteiger partial charge on any atom is -0.490 e. The standard InChI is InChI=1S/C17H23IO5/c1-4-20-9-10-23-15-11-13(7-8-14(15)18)12-16(21-5-2)17(19)22-6-3/h7-8,11-12H,4-6,9-10H2,1-3H3. The molecule has 0 saturated carbocycles. The molecule has 1 rings (SSSR count). The Morgan fingerprint density at radius 2 is 1.83 bits per heavy atom. The van der Waals surface area contributed by atoms with Gasteiger partial charge in [0.25, 0.3) is 0 Å². The van der Waals surface area contributed by atoms with Gasteiger partial charge >= 0.3 is 5.97 Å². The highest BCUT2D eigenvalue weighted by Crippen LogP contribution is 2.24. The summed E-state index contributed by atoms with van der Waals surface area (Å²) in [6.07, 6.45) is 1.66. The molecule has 1 aromatic rings. The van der Waals surface area contributed by atoms with E-state index in [4.69, 9.17) is 18.9 Å². The van der Waals surface area contributed by atoms with Crippen molar-refractivity contribution >= 4 is 34.6 Å². The maximum absolute atomic E-state index is 11.9. The zero-order valence-electron chi connectivity index (χ0n) is 13.8. The van der Waals surface area contributed by atoms with E-state index in [-0.39, 0.29) is 5.76 Å². The van der Waals surface area contributed by atoms with Gasteiger partial charge in [0.15, 0.2) is 0 Å². The number of carbonyl (C=O) groups excluding carboxylic acids is 1. The Morgan fingerprint density at radius 1 is 1.09 bits per heavy atom. The Kier molecular flexibility index (Phi) is 9.70. The van der Waals surface area contributed by atoms with Crippen LogP contribution in [0.1, 0.15) is 26.3 Å². The minimum atomic E-state index is -0.466. The van der Waals surface area contributed by atoms with Gasteiger partial charge in [0.1, 0.15) is 12.4 Å². The van der Waals surface area contributed by atoms with Crippen molar-refractivity contribution < 1.29 is 23.7 Å². The van der Waals surface area contributed by atoms with Crippen LogP contribution in [0.4, 0.5) is 0 Å². The van der Waals surface area contributed by atoms with Crippen LogP contribution in [0, 0.1) is 3.57 Å². The fourth-order valence-corrected chi connectivity index (χ4v) is 2.24. The number of rotatable bonds is 10. The number of ether oxygens (including phenoxy) is 4. The van der Waals surface area contributed by atoms with Gasteiger partial charge in [-0.1, -0.05) is 6.07 Å². The summed E-state index contributed by atoms with van der Waals surface area (Å²) in [7, 11) is 0. The molecule has 0 unspecified atom stereocenters. The highest BCUT2D eigenvalue weighted by atomic mass is 127. The minimum absolute atomic E-state index is 0.191. The van der Waals surface area contributed by atoms with Crippen LogP contribution in [-0.4, -0.2) is 39.0 Å². The summed E-state index contributed by atoms with van der Waals surface area (Å²) in [5.41, 5.74) is 0.813. The molecule has 0 saturated heterocycles. The van der Waals surface area contributed by atoms with Crippen LogP contribution in [0.5, 0.6) is 5.75 Å². The molecule has 0 aliphatic heterocycles. The third kappa shape index (κ3) is 7.22. The van der Waals surface area contributed by atoms with Crippen molar-refractivity contribution in [2.75, 3.05) is 33.0 Å². The molecule has 0 radical (unpaired) electrons. The summed E-state index contributed by atoms with van der Waals surface area (Å²) in [6, 6.07) is 5.69. The average Bonchev–Trinajstić information content (AvgIpc) is 2.54. The normalized spacial score (nSPS) is 11.2. The summed E-state index contributed by atoms with van der Waals surface area (Å²) >= 11 is 2.21. The fraction of sp³-hybridized carbons (Fsp3) is 0.471. The third-order valence-corrected chi connectivity index (χ3v) is 3.61. The van der Waals surface area contributed by atoms with Gasteiger partial charge in [0.2, 0.25) is 5.76 Å². The first-order chi connectivity index (χ1) is 11.1. The monoisotopic (exact) mass is 434 g/mol. The smallest absolute Gasteiger partial charge is 0.373 e. The predicted molar refractivity (Wildman–Crippen MR) is 97.4 cm³/mol. The Hall–Kier alpha value is -1.28. The van der Waals surface area contributed by atoms with Crippen molar-refractivity contribution in [1.29, 1.82) is 0 Å². The maximum atomic E-state index is 11.9. The molecule has 5 nitrogen and oxygen atoms in total. The molecular weight excluding hydrogens is 411 g/mol. The van der Waals surface area contributed by atoms with E-state index in [2.05, 4.69) is 22.6 Å². The van der Waals surface area contributed by atoms with Gasteiger partial charge in [-0.2, -0.15) is 0 Å². The predicted octanol–water partition coefficient (Wildman–Crippen LogP) is 3.65. The molecule has 0 amide bonds. The van der Waals surface area contributed by atoms with E-state index < -0.39 is 5.97 Å². The van der Waals surface area contributed by atoms with E-state index in [1.807, 2.05) is 32.0 Å². The van der Waals surface area contributed by atoms with Crippen LogP contribution in [0.25, 0.3) is 6.08 Å². The molecule has 128 valence electrons. The van der Waals surface area contributed by atoms with Gasteiger partial charge in [-0.3, -0.25) is 0 Å². The molecule has 0 spiro atoms. The summed E-state index contributed by atoms with van der Waals surface area (Å²) in [5, 5.41) is 0. The number of hydrogen-bond acceptors (Lipinski definition) is 5.